The lowest BCUT2D eigenvalue weighted by molar-refractivity contribution is 0.272. The topological polar surface area (TPSA) is 33.3 Å². The molecule has 23 heavy (non-hydrogen) atoms. The van der Waals surface area contributed by atoms with E-state index >= 15 is 0 Å². The second-order valence-electron chi connectivity index (χ2n) is 5.77. The largest absolute Gasteiger partial charge is 0.490 e. The first kappa shape index (κ1) is 17.2. The van der Waals surface area contributed by atoms with Gasteiger partial charge in [-0.1, -0.05) is 32.0 Å². The van der Waals surface area contributed by atoms with Crippen LogP contribution in [-0.4, -0.2) is 6.61 Å². The summed E-state index contributed by atoms with van der Waals surface area (Å²) in [7, 11) is 0. The molecule has 0 unspecified atom stereocenters. The van der Waals surface area contributed by atoms with E-state index in [9.17, 15) is 8.78 Å². The first-order valence-electron chi connectivity index (χ1n) is 7.71. The van der Waals surface area contributed by atoms with Gasteiger partial charge in [-0.15, -0.1) is 0 Å². The van der Waals surface area contributed by atoms with Gasteiger partial charge >= 0.3 is 0 Å². The molecule has 0 bridgehead atoms. The minimum Gasteiger partial charge on any atom is -0.490 e. The molecule has 0 amide bonds. The minimum atomic E-state index is -0.937. The fourth-order valence-electron chi connectivity index (χ4n) is 2.00. The van der Waals surface area contributed by atoms with Crippen LogP contribution >= 0.6 is 0 Å². The molecular weight excluding hydrogens is 298 g/mol. The van der Waals surface area contributed by atoms with E-state index < -0.39 is 11.6 Å². The van der Waals surface area contributed by atoms with Gasteiger partial charge in [0, 0.05) is 12.2 Å². The number of halogens is 2. The highest BCUT2D eigenvalue weighted by Crippen LogP contribution is 2.23. The highest BCUT2D eigenvalue weighted by molar-refractivity contribution is 5.41. The zero-order valence-electron chi connectivity index (χ0n) is 13.4. The maximum absolute atomic E-state index is 13.8. The molecule has 0 radical (unpaired) electrons. The molecule has 0 aromatic heterocycles. The van der Waals surface area contributed by atoms with Gasteiger partial charge in [-0.3, -0.25) is 0 Å². The van der Waals surface area contributed by atoms with Crippen LogP contribution in [0.25, 0.3) is 0 Å². The molecule has 0 aliphatic heterocycles. The van der Waals surface area contributed by atoms with Crippen LogP contribution < -0.4 is 15.6 Å². The molecule has 0 saturated carbocycles. The maximum atomic E-state index is 13.8. The number of hydrogen-bond acceptors (Lipinski definition) is 3. The Bertz CT molecular complexity index is 618. The second kappa shape index (κ2) is 8.48. The van der Waals surface area contributed by atoms with Gasteiger partial charge in [-0.05, 0) is 42.2 Å². The molecule has 0 fully saturated rings. The van der Waals surface area contributed by atoms with Gasteiger partial charge in [0.05, 0.1) is 6.61 Å². The number of nitrogens with one attached hydrogen (secondary N) is 2. The van der Waals surface area contributed by atoms with E-state index in [0.717, 1.165) is 12.1 Å². The molecule has 124 valence electrons. The molecule has 0 aliphatic rings. The van der Waals surface area contributed by atoms with Gasteiger partial charge in [0.25, 0.3) is 0 Å². The van der Waals surface area contributed by atoms with Crippen molar-refractivity contribution in [2.45, 2.75) is 26.8 Å². The number of hydrogen-bond donors (Lipinski definition) is 2. The molecule has 2 rings (SSSR count). The lowest BCUT2D eigenvalue weighted by atomic mass is 10.1. The predicted octanol–water partition coefficient (Wildman–Crippen LogP) is 4.51. The third kappa shape index (κ3) is 5.53. The van der Waals surface area contributed by atoms with Gasteiger partial charge in [0.1, 0.15) is 0 Å². The fourth-order valence-corrected chi connectivity index (χ4v) is 2.00. The Hall–Kier alpha value is -2.14. The van der Waals surface area contributed by atoms with Crippen molar-refractivity contribution < 1.29 is 13.5 Å². The molecule has 0 heterocycles. The predicted molar refractivity (Wildman–Crippen MR) is 88.2 cm³/mol. The summed E-state index contributed by atoms with van der Waals surface area (Å²) in [5, 5.41) is 0. The maximum Gasteiger partial charge on any atom is 0.200 e. The normalized spacial score (nSPS) is 10.8. The van der Waals surface area contributed by atoms with Crippen molar-refractivity contribution in [1.82, 2.24) is 5.43 Å². The molecule has 2 N–H and O–H groups in total. The summed E-state index contributed by atoms with van der Waals surface area (Å²) in [6, 6.07) is 12.2. The molecule has 0 spiro atoms. The van der Waals surface area contributed by atoms with Crippen molar-refractivity contribution in [3.63, 3.8) is 0 Å². The minimum absolute atomic E-state index is 0.0397. The summed E-state index contributed by atoms with van der Waals surface area (Å²) in [5.74, 6) is -1.43. The average Bonchev–Trinajstić information content (AvgIpc) is 2.52. The van der Waals surface area contributed by atoms with Crippen LogP contribution in [0.3, 0.4) is 0 Å². The van der Waals surface area contributed by atoms with Crippen molar-refractivity contribution >= 4 is 5.69 Å². The van der Waals surface area contributed by atoms with E-state index in [2.05, 4.69) is 24.7 Å². The summed E-state index contributed by atoms with van der Waals surface area (Å²) in [5.41, 5.74) is 7.46. The van der Waals surface area contributed by atoms with Crippen molar-refractivity contribution in [2.75, 3.05) is 12.0 Å². The lowest BCUT2D eigenvalue weighted by Gasteiger charge is -2.12. The molecule has 2 aromatic carbocycles. The monoisotopic (exact) mass is 320 g/mol. The fraction of sp³-hybridized carbons (Fsp3) is 0.333. The van der Waals surface area contributed by atoms with Crippen LogP contribution in [0.4, 0.5) is 14.5 Å². The van der Waals surface area contributed by atoms with Gasteiger partial charge in [-0.2, -0.15) is 4.39 Å². The summed E-state index contributed by atoms with van der Waals surface area (Å²) in [4.78, 5) is 0. The van der Waals surface area contributed by atoms with Crippen molar-refractivity contribution in [3.05, 3.63) is 59.7 Å². The van der Waals surface area contributed by atoms with Gasteiger partial charge in [0.15, 0.2) is 11.6 Å². The second-order valence-corrected chi connectivity index (χ2v) is 5.77. The standard InChI is InChI=1S/C18H22F2N2O/c1-13(2)8-9-23-17-11-14(10-16(19)18(17)20)12-21-22-15-6-4-3-5-7-15/h3-7,10-11,13,21-22H,8-9,12H2,1-2H3. The quantitative estimate of drug-likeness (QED) is 0.702. The Morgan fingerprint density at radius 1 is 1.09 bits per heavy atom. The number of anilines is 1. The van der Waals surface area contributed by atoms with E-state index in [1.807, 2.05) is 30.3 Å². The first-order valence-corrected chi connectivity index (χ1v) is 7.71. The molecule has 0 saturated heterocycles. The van der Waals surface area contributed by atoms with Crippen molar-refractivity contribution in [1.29, 1.82) is 0 Å². The molecule has 5 heteroatoms. The lowest BCUT2D eigenvalue weighted by Crippen LogP contribution is -2.21. The Morgan fingerprint density at radius 3 is 2.52 bits per heavy atom. The van der Waals surface area contributed by atoms with Gasteiger partial charge < -0.3 is 10.2 Å². The highest BCUT2D eigenvalue weighted by Gasteiger charge is 2.12. The number of hydrazine groups is 1. The average molecular weight is 320 g/mol. The molecule has 0 atom stereocenters. The Morgan fingerprint density at radius 2 is 1.83 bits per heavy atom. The van der Waals surface area contributed by atoms with Crippen molar-refractivity contribution in [2.24, 2.45) is 5.92 Å². The number of para-hydroxylation sites is 1. The summed E-state index contributed by atoms with van der Waals surface area (Å²) in [6.45, 7) is 4.81. The van der Waals surface area contributed by atoms with Crippen LogP contribution in [0.5, 0.6) is 5.75 Å². The first-order chi connectivity index (χ1) is 11.1. The third-order valence-electron chi connectivity index (χ3n) is 3.31. The van der Waals surface area contributed by atoms with Crippen LogP contribution in [0, 0.1) is 17.6 Å². The van der Waals surface area contributed by atoms with E-state index in [4.69, 9.17) is 4.74 Å². The summed E-state index contributed by atoms with van der Waals surface area (Å²) in [6.07, 6.45) is 0.791. The zero-order valence-corrected chi connectivity index (χ0v) is 13.4. The highest BCUT2D eigenvalue weighted by atomic mass is 19.2. The van der Waals surface area contributed by atoms with Gasteiger partial charge in [-0.25, -0.2) is 9.82 Å². The molecular formula is C18H22F2N2O. The molecule has 3 nitrogen and oxygen atoms in total. The van der Waals surface area contributed by atoms with Crippen LogP contribution in [-0.2, 0) is 6.54 Å². The Labute approximate surface area is 135 Å². The zero-order chi connectivity index (χ0) is 16.7. The van der Waals surface area contributed by atoms with E-state index in [1.165, 1.54) is 12.1 Å². The van der Waals surface area contributed by atoms with E-state index in [0.29, 0.717) is 24.6 Å². The summed E-state index contributed by atoms with van der Waals surface area (Å²) < 4.78 is 32.8. The smallest absolute Gasteiger partial charge is 0.200 e. The number of ether oxygens (including phenoxy) is 1. The van der Waals surface area contributed by atoms with E-state index in [1.54, 1.807) is 0 Å². The number of rotatable bonds is 8. The van der Waals surface area contributed by atoms with Crippen molar-refractivity contribution in [3.8, 4) is 5.75 Å². The molecule has 0 aliphatic carbocycles. The van der Waals surface area contributed by atoms with Crippen LogP contribution in [0.2, 0.25) is 0 Å². The molecule has 2 aromatic rings. The Balaban J connectivity index is 1.94. The van der Waals surface area contributed by atoms with Gasteiger partial charge in [0.2, 0.25) is 5.82 Å². The van der Waals surface area contributed by atoms with Crippen LogP contribution in [0.1, 0.15) is 25.8 Å². The Kier molecular flexibility index (Phi) is 6.35. The van der Waals surface area contributed by atoms with E-state index in [-0.39, 0.29) is 5.75 Å². The van der Waals surface area contributed by atoms with Crippen LogP contribution in [0.15, 0.2) is 42.5 Å². The number of benzene rings is 2. The summed E-state index contributed by atoms with van der Waals surface area (Å²) >= 11 is 0. The SMILES string of the molecule is CC(C)CCOc1cc(CNNc2ccccc2)cc(F)c1F. The third-order valence-corrected chi connectivity index (χ3v) is 3.31.